The fourth-order valence-corrected chi connectivity index (χ4v) is 3.75. The molecule has 2 heterocycles. The van der Waals surface area contributed by atoms with Crippen molar-refractivity contribution in [2.24, 2.45) is 5.92 Å². The number of anilines is 1. The van der Waals surface area contributed by atoms with E-state index in [1.807, 2.05) is 30.0 Å². The highest BCUT2D eigenvalue weighted by atomic mass is 16.5. The van der Waals surface area contributed by atoms with Gasteiger partial charge in [0.25, 0.3) is 5.91 Å². The largest absolute Gasteiger partial charge is 0.375 e. The van der Waals surface area contributed by atoms with Gasteiger partial charge in [-0.05, 0) is 37.0 Å². The molecule has 1 unspecified atom stereocenters. The van der Waals surface area contributed by atoms with Crippen LogP contribution >= 0.6 is 0 Å². The molecule has 2 aliphatic rings. The van der Waals surface area contributed by atoms with Gasteiger partial charge in [0.1, 0.15) is 0 Å². The first-order valence-corrected chi connectivity index (χ1v) is 10.0. The number of rotatable bonds is 6. The van der Waals surface area contributed by atoms with Crippen LogP contribution in [0.25, 0.3) is 0 Å². The number of carbonyl (C=O) groups is 2. The molecule has 0 bridgehead atoms. The van der Waals surface area contributed by atoms with Crippen molar-refractivity contribution < 1.29 is 14.3 Å². The second kappa shape index (κ2) is 8.74. The Morgan fingerprint density at radius 1 is 1.33 bits per heavy atom. The summed E-state index contributed by atoms with van der Waals surface area (Å²) in [5.74, 6) is 0.716. The van der Waals surface area contributed by atoms with Gasteiger partial charge >= 0.3 is 6.03 Å². The van der Waals surface area contributed by atoms with E-state index >= 15 is 0 Å². The summed E-state index contributed by atoms with van der Waals surface area (Å²) in [5, 5.41) is 2.82. The maximum atomic E-state index is 13.0. The molecule has 1 aromatic carbocycles. The molecule has 2 aliphatic heterocycles. The van der Waals surface area contributed by atoms with Crippen molar-refractivity contribution in [3.63, 3.8) is 0 Å². The molecular weight excluding hydrogens is 342 g/mol. The van der Waals surface area contributed by atoms with Crippen LogP contribution in [-0.2, 0) is 4.74 Å². The molecule has 0 spiro atoms. The number of nitrogens with one attached hydrogen (secondary N) is 1. The summed E-state index contributed by atoms with van der Waals surface area (Å²) in [7, 11) is 0. The fraction of sp³-hybridized carbons (Fsp3) is 0.619. The Bertz CT molecular complexity index is 689. The fourth-order valence-electron chi connectivity index (χ4n) is 3.75. The van der Waals surface area contributed by atoms with Crippen LogP contribution in [0.1, 0.15) is 49.0 Å². The van der Waals surface area contributed by atoms with E-state index in [4.69, 9.17) is 4.74 Å². The first-order chi connectivity index (χ1) is 13.0. The van der Waals surface area contributed by atoms with E-state index in [0.29, 0.717) is 44.3 Å². The third kappa shape index (κ3) is 4.80. The predicted molar refractivity (Wildman–Crippen MR) is 106 cm³/mol. The molecule has 0 aliphatic carbocycles. The zero-order valence-electron chi connectivity index (χ0n) is 16.7. The third-order valence-electron chi connectivity index (χ3n) is 5.34. The molecule has 0 saturated carbocycles. The van der Waals surface area contributed by atoms with Crippen molar-refractivity contribution >= 4 is 17.6 Å². The molecule has 6 heteroatoms. The number of ether oxygens (including phenoxy) is 1. The first kappa shape index (κ1) is 19.7. The van der Waals surface area contributed by atoms with Crippen LogP contribution in [0.3, 0.4) is 0 Å². The number of benzene rings is 1. The number of nitrogens with zero attached hydrogens (tertiary/aromatic N) is 2. The molecule has 2 fully saturated rings. The summed E-state index contributed by atoms with van der Waals surface area (Å²) < 4.78 is 5.86. The molecule has 1 aromatic rings. The Hall–Kier alpha value is -2.08. The molecule has 0 aromatic heterocycles. The van der Waals surface area contributed by atoms with Crippen LogP contribution in [-0.4, -0.2) is 55.7 Å². The maximum Gasteiger partial charge on any atom is 0.322 e. The van der Waals surface area contributed by atoms with E-state index < -0.39 is 0 Å². The number of urea groups is 1. The molecule has 2 saturated heterocycles. The second-order valence-electron chi connectivity index (χ2n) is 7.95. The zero-order chi connectivity index (χ0) is 19.4. The lowest BCUT2D eigenvalue weighted by molar-refractivity contribution is -0.0260. The maximum absolute atomic E-state index is 13.0. The molecule has 1 atom stereocenters. The quantitative estimate of drug-likeness (QED) is 0.833. The van der Waals surface area contributed by atoms with Gasteiger partial charge in [-0.15, -0.1) is 0 Å². The number of aryl methyl sites for hydroxylation is 1. The van der Waals surface area contributed by atoms with E-state index in [1.165, 1.54) is 6.42 Å². The standard InChI is InChI=1S/C21H31N3O3/c1-15(2)5-4-6-18-14-23(11-12-27-18)20(25)17-8-7-16(3)19(13-17)24-10-9-22-21(24)26/h7-8,13,15,18H,4-6,9-12,14H2,1-3H3,(H,22,26). The average molecular weight is 373 g/mol. The van der Waals surface area contributed by atoms with Crippen LogP contribution in [0.4, 0.5) is 10.5 Å². The number of hydrogen-bond acceptors (Lipinski definition) is 3. The van der Waals surface area contributed by atoms with Gasteiger partial charge < -0.3 is 15.0 Å². The molecule has 27 heavy (non-hydrogen) atoms. The lowest BCUT2D eigenvalue weighted by Crippen LogP contribution is -2.45. The topological polar surface area (TPSA) is 61.9 Å². The smallest absolute Gasteiger partial charge is 0.322 e. The Balaban J connectivity index is 1.67. The van der Waals surface area contributed by atoms with Crippen LogP contribution < -0.4 is 10.2 Å². The summed E-state index contributed by atoms with van der Waals surface area (Å²) in [6.45, 7) is 9.54. The molecule has 3 amide bonds. The van der Waals surface area contributed by atoms with Crippen molar-refractivity contribution in [1.82, 2.24) is 10.2 Å². The zero-order valence-corrected chi connectivity index (χ0v) is 16.7. The van der Waals surface area contributed by atoms with Gasteiger partial charge in [0, 0.05) is 37.4 Å². The summed E-state index contributed by atoms with van der Waals surface area (Å²) in [6.07, 6.45) is 3.43. The minimum absolute atomic E-state index is 0.0213. The normalized spacial score (nSPS) is 20.3. The molecule has 3 rings (SSSR count). The Morgan fingerprint density at radius 3 is 2.85 bits per heavy atom. The minimum Gasteiger partial charge on any atom is -0.375 e. The van der Waals surface area contributed by atoms with Gasteiger partial charge in [0.05, 0.1) is 12.7 Å². The van der Waals surface area contributed by atoms with E-state index in [0.717, 1.165) is 24.1 Å². The lowest BCUT2D eigenvalue weighted by atomic mass is 10.0. The summed E-state index contributed by atoms with van der Waals surface area (Å²) in [4.78, 5) is 28.6. The Morgan fingerprint density at radius 2 is 2.15 bits per heavy atom. The molecule has 148 valence electrons. The highest BCUT2D eigenvalue weighted by Crippen LogP contribution is 2.25. The van der Waals surface area contributed by atoms with Crippen molar-refractivity contribution in [2.75, 3.05) is 37.7 Å². The van der Waals surface area contributed by atoms with E-state index in [1.54, 1.807) is 4.90 Å². The summed E-state index contributed by atoms with van der Waals surface area (Å²) >= 11 is 0. The highest BCUT2D eigenvalue weighted by Gasteiger charge is 2.27. The van der Waals surface area contributed by atoms with Crippen LogP contribution in [0.15, 0.2) is 18.2 Å². The minimum atomic E-state index is -0.0979. The number of hydrogen-bond donors (Lipinski definition) is 1. The van der Waals surface area contributed by atoms with Crippen molar-refractivity contribution in [2.45, 2.75) is 46.1 Å². The third-order valence-corrected chi connectivity index (χ3v) is 5.34. The van der Waals surface area contributed by atoms with Crippen molar-refractivity contribution in [1.29, 1.82) is 0 Å². The lowest BCUT2D eigenvalue weighted by Gasteiger charge is -2.33. The monoisotopic (exact) mass is 373 g/mol. The number of amides is 3. The van der Waals surface area contributed by atoms with Crippen molar-refractivity contribution in [3.8, 4) is 0 Å². The van der Waals surface area contributed by atoms with Crippen LogP contribution in [0, 0.1) is 12.8 Å². The summed E-state index contributed by atoms with van der Waals surface area (Å²) in [6, 6.07) is 5.54. The van der Waals surface area contributed by atoms with Crippen LogP contribution in [0.5, 0.6) is 0 Å². The SMILES string of the molecule is Cc1ccc(C(=O)N2CCOC(CCCC(C)C)C2)cc1N1CCNC1=O. The number of morpholine rings is 1. The van der Waals surface area contributed by atoms with Gasteiger partial charge in [-0.2, -0.15) is 0 Å². The van der Waals surface area contributed by atoms with Gasteiger partial charge in [0.15, 0.2) is 0 Å². The first-order valence-electron chi connectivity index (χ1n) is 10.0. The Labute approximate surface area is 161 Å². The Kier molecular flexibility index (Phi) is 6.37. The average Bonchev–Trinajstić information content (AvgIpc) is 3.07. The predicted octanol–water partition coefficient (Wildman–Crippen LogP) is 3.19. The van der Waals surface area contributed by atoms with Gasteiger partial charge in [-0.1, -0.05) is 32.8 Å². The molecule has 1 N–H and O–H groups in total. The van der Waals surface area contributed by atoms with E-state index in [-0.39, 0.29) is 18.0 Å². The molecule has 0 radical (unpaired) electrons. The van der Waals surface area contributed by atoms with Crippen molar-refractivity contribution in [3.05, 3.63) is 29.3 Å². The highest BCUT2D eigenvalue weighted by molar-refractivity contribution is 5.99. The van der Waals surface area contributed by atoms with E-state index in [9.17, 15) is 9.59 Å². The van der Waals surface area contributed by atoms with Gasteiger partial charge in [0.2, 0.25) is 0 Å². The number of carbonyl (C=O) groups excluding carboxylic acids is 2. The van der Waals surface area contributed by atoms with E-state index in [2.05, 4.69) is 19.2 Å². The molecular formula is C21H31N3O3. The summed E-state index contributed by atoms with van der Waals surface area (Å²) in [5.41, 5.74) is 2.45. The molecule has 6 nitrogen and oxygen atoms in total. The van der Waals surface area contributed by atoms with Crippen LogP contribution in [0.2, 0.25) is 0 Å². The van der Waals surface area contributed by atoms with Gasteiger partial charge in [-0.25, -0.2) is 4.79 Å². The van der Waals surface area contributed by atoms with Gasteiger partial charge in [-0.3, -0.25) is 9.69 Å². The second-order valence-corrected chi connectivity index (χ2v) is 7.95.